The van der Waals surface area contributed by atoms with Crippen molar-refractivity contribution in [1.82, 2.24) is 10.0 Å². The number of hydrogen-bond donors (Lipinski definition) is 2. The lowest BCUT2D eigenvalue weighted by Crippen LogP contribution is -2.37. The van der Waals surface area contributed by atoms with E-state index in [1.54, 1.807) is 12.1 Å². The number of hydrogen-bond acceptors (Lipinski definition) is 4. The van der Waals surface area contributed by atoms with E-state index >= 15 is 0 Å². The van der Waals surface area contributed by atoms with E-state index in [1.807, 2.05) is 0 Å². The lowest BCUT2D eigenvalue weighted by molar-refractivity contribution is 0.413. The van der Waals surface area contributed by atoms with Crippen LogP contribution in [0.1, 0.15) is 12.8 Å². The summed E-state index contributed by atoms with van der Waals surface area (Å²) in [6.45, 7) is 1.36. The topological polar surface area (TPSA) is 67.4 Å². The van der Waals surface area contributed by atoms with Crippen molar-refractivity contribution in [3.63, 3.8) is 0 Å². The van der Waals surface area contributed by atoms with Gasteiger partial charge in [-0.2, -0.15) is 0 Å². The minimum Gasteiger partial charge on any atom is -0.497 e. The minimum atomic E-state index is -3.53. The van der Waals surface area contributed by atoms with Crippen LogP contribution in [0.3, 0.4) is 0 Å². The molecule has 1 unspecified atom stereocenters. The minimum absolute atomic E-state index is 0.199. The largest absolute Gasteiger partial charge is 0.497 e. The number of benzene rings is 1. The van der Waals surface area contributed by atoms with Gasteiger partial charge in [0.05, 0.1) is 12.0 Å². The monoisotopic (exact) mass is 348 g/mol. The summed E-state index contributed by atoms with van der Waals surface area (Å²) in [5, 5.41) is 3.25. The first kappa shape index (κ1) is 14.8. The summed E-state index contributed by atoms with van der Waals surface area (Å²) in [4.78, 5) is 0.199. The van der Waals surface area contributed by atoms with Crippen LogP contribution >= 0.6 is 15.9 Å². The van der Waals surface area contributed by atoms with Crippen LogP contribution in [0.4, 0.5) is 0 Å². The average molecular weight is 349 g/mol. The summed E-state index contributed by atoms with van der Waals surface area (Å²) < 4.78 is 32.7. The first-order valence-electron chi connectivity index (χ1n) is 6.09. The highest BCUT2D eigenvalue weighted by molar-refractivity contribution is 9.10. The van der Waals surface area contributed by atoms with E-state index in [0.29, 0.717) is 16.8 Å². The predicted octanol–water partition coefficient (Wildman–Crippen LogP) is 1.49. The Bertz CT molecular complexity index is 542. The number of halogens is 1. The van der Waals surface area contributed by atoms with Gasteiger partial charge in [0, 0.05) is 23.1 Å². The first-order valence-corrected chi connectivity index (χ1v) is 8.37. The fourth-order valence-electron chi connectivity index (χ4n) is 2.04. The Kier molecular flexibility index (Phi) is 4.83. The molecule has 0 aliphatic carbocycles. The van der Waals surface area contributed by atoms with E-state index in [2.05, 4.69) is 26.0 Å². The van der Waals surface area contributed by atoms with Gasteiger partial charge in [0.1, 0.15) is 5.75 Å². The third-order valence-electron chi connectivity index (χ3n) is 3.11. The highest BCUT2D eigenvalue weighted by Gasteiger charge is 2.21. The van der Waals surface area contributed by atoms with Crippen molar-refractivity contribution in [2.75, 3.05) is 20.2 Å². The molecule has 0 spiro atoms. The molecular formula is C12H17BrN2O3S. The third kappa shape index (κ3) is 3.68. The number of nitrogens with one attached hydrogen (secondary N) is 2. The Labute approximate surface area is 121 Å². The standard InChI is InChI=1S/C12H17BrN2O3S/c1-18-10-4-5-11(13)12(7-10)19(16,17)15-8-9-3-2-6-14-9/h4-5,7,9,14-15H,2-3,6,8H2,1H3. The molecule has 0 amide bonds. The summed E-state index contributed by atoms with van der Waals surface area (Å²) in [5.41, 5.74) is 0. The highest BCUT2D eigenvalue weighted by Crippen LogP contribution is 2.26. The molecule has 1 aliphatic rings. The molecule has 1 fully saturated rings. The van der Waals surface area contributed by atoms with Crippen LogP contribution in [0, 0.1) is 0 Å². The van der Waals surface area contributed by atoms with Crippen LogP contribution in [0.15, 0.2) is 27.6 Å². The number of ether oxygens (including phenoxy) is 1. The van der Waals surface area contributed by atoms with Gasteiger partial charge in [-0.25, -0.2) is 13.1 Å². The molecule has 1 atom stereocenters. The summed E-state index contributed by atoms with van der Waals surface area (Å²) in [7, 11) is -2.02. The van der Waals surface area contributed by atoms with Gasteiger partial charge in [0.2, 0.25) is 10.0 Å². The molecule has 1 aromatic rings. The molecule has 1 aromatic carbocycles. The Morgan fingerprint density at radius 3 is 2.95 bits per heavy atom. The summed E-state index contributed by atoms with van der Waals surface area (Å²) in [6, 6.07) is 5.11. The molecule has 19 heavy (non-hydrogen) atoms. The van der Waals surface area contributed by atoms with Crippen molar-refractivity contribution in [3.8, 4) is 5.75 Å². The van der Waals surface area contributed by atoms with Gasteiger partial charge in [0.15, 0.2) is 0 Å². The molecule has 0 aromatic heterocycles. The van der Waals surface area contributed by atoms with Crippen molar-refractivity contribution in [1.29, 1.82) is 0 Å². The fraction of sp³-hybridized carbons (Fsp3) is 0.500. The summed E-state index contributed by atoms with van der Waals surface area (Å²) in [6.07, 6.45) is 2.09. The van der Waals surface area contributed by atoms with Crippen molar-refractivity contribution < 1.29 is 13.2 Å². The molecule has 7 heteroatoms. The maximum absolute atomic E-state index is 12.3. The maximum atomic E-state index is 12.3. The van der Waals surface area contributed by atoms with E-state index in [-0.39, 0.29) is 10.9 Å². The molecule has 106 valence electrons. The molecular weight excluding hydrogens is 332 g/mol. The highest BCUT2D eigenvalue weighted by atomic mass is 79.9. The van der Waals surface area contributed by atoms with Crippen LogP contribution in [-0.2, 0) is 10.0 Å². The lowest BCUT2D eigenvalue weighted by Gasteiger charge is -2.13. The second kappa shape index (κ2) is 6.21. The van der Waals surface area contributed by atoms with E-state index in [9.17, 15) is 8.42 Å². The lowest BCUT2D eigenvalue weighted by atomic mass is 10.2. The van der Waals surface area contributed by atoms with Crippen molar-refractivity contribution in [2.45, 2.75) is 23.8 Å². The van der Waals surface area contributed by atoms with Crippen LogP contribution in [0.25, 0.3) is 0 Å². The van der Waals surface area contributed by atoms with Crippen LogP contribution in [-0.4, -0.2) is 34.7 Å². The second-order valence-corrected chi connectivity index (χ2v) is 7.03. The second-order valence-electron chi connectivity index (χ2n) is 4.44. The summed E-state index contributed by atoms with van der Waals surface area (Å²) >= 11 is 3.26. The molecule has 0 radical (unpaired) electrons. The van der Waals surface area contributed by atoms with Gasteiger partial charge >= 0.3 is 0 Å². The van der Waals surface area contributed by atoms with Gasteiger partial charge in [-0.05, 0) is 47.4 Å². The molecule has 1 aliphatic heterocycles. The van der Waals surface area contributed by atoms with E-state index in [0.717, 1.165) is 19.4 Å². The number of methoxy groups -OCH3 is 1. The molecule has 2 N–H and O–H groups in total. The Morgan fingerprint density at radius 2 is 2.32 bits per heavy atom. The molecule has 0 saturated carbocycles. The van der Waals surface area contributed by atoms with E-state index < -0.39 is 10.0 Å². The first-order chi connectivity index (χ1) is 9.03. The number of rotatable bonds is 5. The van der Waals surface area contributed by atoms with Crippen LogP contribution < -0.4 is 14.8 Å². The van der Waals surface area contributed by atoms with Crippen molar-refractivity contribution in [3.05, 3.63) is 22.7 Å². The van der Waals surface area contributed by atoms with Gasteiger partial charge in [-0.15, -0.1) is 0 Å². The number of sulfonamides is 1. The third-order valence-corrected chi connectivity index (χ3v) is 5.53. The molecule has 1 heterocycles. The average Bonchev–Trinajstić information content (AvgIpc) is 2.90. The smallest absolute Gasteiger partial charge is 0.241 e. The zero-order valence-corrected chi connectivity index (χ0v) is 13.1. The van der Waals surface area contributed by atoms with Gasteiger partial charge in [-0.1, -0.05) is 0 Å². The predicted molar refractivity (Wildman–Crippen MR) is 76.9 cm³/mol. The van der Waals surface area contributed by atoms with E-state index in [4.69, 9.17) is 4.74 Å². The van der Waals surface area contributed by atoms with Crippen LogP contribution in [0.2, 0.25) is 0 Å². The fourth-order valence-corrected chi connectivity index (χ4v) is 4.09. The SMILES string of the molecule is COc1ccc(Br)c(S(=O)(=O)NCC2CCCN2)c1. The van der Waals surface area contributed by atoms with Gasteiger partial charge < -0.3 is 10.1 Å². The summed E-state index contributed by atoms with van der Waals surface area (Å²) in [5.74, 6) is 0.516. The van der Waals surface area contributed by atoms with Crippen molar-refractivity contribution >= 4 is 26.0 Å². The van der Waals surface area contributed by atoms with Gasteiger partial charge in [-0.3, -0.25) is 0 Å². The maximum Gasteiger partial charge on any atom is 0.241 e. The molecule has 2 rings (SSSR count). The molecule has 5 nitrogen and oxygen atoms in total. The Morgan fingerprint density at radius 1 is 1.53 bits per heavy atom. The molecule has 1 saturated heterocycles. The quantitative estimate of drug-likeness (QED) is 0.845. The van der Waals surface area contributed by atoms with Crippen LogP contribution in [0.5, 0.6) is 5.75 Å². The zero-order chi connectivity index (χ0) is 13.9. The van der Waals surface area contributed by atoms with Crippen molar-refractivity contribution in [2.24, 2.45) is 0 Å². The van der Waals surface area contributed by atoms with Gasteiger partial charge in [0.25, 0.3) is 0 Å². The Hall–Kier alpha value is -0.630. The Balaban J connectivity index is 2.13. The van der Waals surface area contributed by atoms with E-state index in [1.165, 1.54) is 13.2 Å². The normalized spacial score (nSPS) is 19.6. The zero-order valence-electron chi connectivity index (χ0n) is 10.6. The molecule has 0 bridgehead atoms.